The molecule has 1 saturated carbocycles. The lowest BCUT2D eigenvalue weighted by Gasteiger charge is -2.49. The lowest BCUT2D eigenvalue weighted by molar-refractivity contribution is -0.149. The molecule has 1 aliphatic heterocycles. The summed E-state index contributed by atoms with van der Waals surface area (Å²) in [5.74, 6) is -3.28. The molecule has 0 spiro atoms. The molecule has 33 heavy (non-hydrogen) atoms. The van der Waals surface area contributed by atoms with Crippen LogP contribution in [0.4, 0.5) is 0 Å². The van der Waals surface area contributed by atoms with Crippen molar-refractivity contribution >= 4 is 66.0 Å². The van der Waals surface area contributed by atoms with Crippen molar-refractivity contribution < 1.29 is 24.2 Å². The minimum Gasteiger partial charge on any atom is -0.457 e. The van der Waals surface area contributed by atoms with Crippen LogP contribution in [0.2, 0.25) is 0 Å². The monoisotopic (exact) mass is 532 g/mol. The molecule has 0 aromatic heterocycles. The number of hydrogen-bond donors (Lipinski definition) is 3. The van der Waals surface area contributed by atoms with Gasteiger partial charge in [-0.05, 0) is 49.5 Å². The molecule has 5 nitrogen and oxygen atoms in total. The number of alkyl halides is 2. The van der Waals surface area contributed by atoms with E-state index in [9.17, 15) is 19.5 Å². The van der Waals surface area contributed by atoms with Gasteiger partial charge in [-0.25, -0.2) is 0 Å². The van der Waals surface area contributed by atoms with Crippen LogP contribution in [0.5, 0.6) is 0 Å². The third-order valence-corrected chi connectivity index (χ3v) is 8.92. The van der Waals surface area contributed by atoms with Crippen molar-refractivity contribution in [2.45, 2.75) is 54.3 Å². The van der Waals surface area contributed by atoms with E-state index in [2.05, 4.69) is 25.3 Å². The molecule has 1 unspecified atom stereocenters. The smallest absolute Gasteiger partial charge is 0.327 e. The van der Waals surface area contributed by atoms with Crippen molar-refractivity contribution in [1.29, 1.82) is 0 Å². The van der Waals surface area contributed by atoms with Gasteiger partial charge < -0.3 is 9.84 Å². The minimum atomic E-state index is -1.89. The zero-order chi connectivity index (χ0) is 24.6. The summed E-state index contributed by atoms with van der Waals surface area (Å²) < 4.78 is 5.27. The zero-order valence-electron chi connectivity index (χ0n) is 18.6. The molecule has 0 amide bonds. The SMILES string of the molecule is CC[C@H]1[C@@H]2C(=O)C3(Cl)C[C@H](/C=C\C=C\[C@H](C)OC(=O)[C@@H](S)C3=O)[C@@H]2C=C[C@@H]1C[C@](O)(S)CCl. The Morgan fingerprint density at radius 1 is 1.18 bits per heavy atom. The maximum Gasteiger partial charge on any atom is 0.327 e. The Labute approximate surface area is 215 Å². The number of Topliss-reactive ketones (excluding diaryl/α,β-unsaturated/α-hetero) is 2. The quantitative estimate of drug-likeness (QED) is 0.126. The number of carbonyl (C=O) groups is 3. The van der Waals surface area contributed by atoms with Gasteiger partial charge in [0.25, 0.3) is 0 Å². The lowest BCUT2D eigenvalue weighted by Crippen LogP contribution is -2.59. The summed E-state index contributed by atoms with van der Waals surface area (Å²) >= 11 is 21.2. The van der Waals surface area contributed by atoms with E-state index in [0.29, 0.717) is 6.42 Å². The van der Waals surface area contributed by atoms with E-state index in [1.807, 2.05) is 31.2 Å². The first kappa shape index (κ1) is 26.9. The molecule has 1 fully saturated rings. The van der Waals surface area contributed by atoms with E-state index in [0.717, 1.165) is 0 Å². The topological polar surface area (TPSA) is 80.7 Å². The molecule has 9 atom stereocenters. The minimum absolute atomic E-state index is 0.0591. The normalized spacial score (nSPS) is 42.9. The number of rotatable bonds is 4. The number of aliphatic hydroxyl groups is 1. The molecule has 0 saturated heterocycles. The molecule has 0 aromatic carbocycles. The molecule has 1 N–H and O–H groups in total. The van der Waals surface area contributed by atoms with Crippen molar-refractivity contribution in [3.8, 4) is 0 Å². The van der Waals surface area contributed by atoms with Crippen molar-refractivity contribution in [2.24, 2.45) is 29.6 Å². The Hall–Kier alpha value is -0.730. The number of esters is 1. The number of carbonyl (C=O) groups excluding carboxylic acids is 3. The number of fused-ring (bicyclic) bond motifs is 4. The number of thiol groups is 2. The average molecular weight is 534 g/mol. The second-order valence-electron chi connectivity index (χ2n) is 9.26. The highest BCUT2D eigenvalue weighted by molar-refractivity contribution is 7.82. The van der Waals surface area contributed by atoms with E-state index in [4.69, 9.17) is 27.9 Å². The number of cyclic esters (lactones) is 1. The maximum atomic E-state index is 13.9. The third kappa shape index (κ3) is 5.43. The lowest BCUT2D eigenvalue weighted by atomic mass is 9.56. The van der Waals surface area contributed by atoms with E-state index in [1.165, 1.54) is 0 Å². The number of ketones is 2. The van der Waals surface area contributed by atoms with Gasteiger partial charge in [0.05, 0.1) is 5.88 Å². The molecule has 2 aliphatic carbocycles. The molecule has 2 bridgehead atoms. The Bertz CT molecular complexity index is 886. The summed E-state index contributed by atoms with van der Waals surface area (Å²) in [4.78, 5) is 36.5. The van der Waals surface area contributed by atoms with E-state index < -0.39 is 44.6 Å². The third-order valence-electron chi connectivity index (χ3n) is 6.97. The van der Waals surface area contributed by atoms with Gasteiger partial charge in [0.2, 0.25) is 0 Å². The van der Waals surface area contributed by atoms with Crippen LogP contribution in [-0.2, 0) is 19.1 Å². The van der Waals surface area contributed by atoms with E-state index >= 15 is 0 Å². The predicted octanol–water partition coefficient (Wildman–Crippen LogP) is 4.17. The van der Waals surface area contributed by atoms with Gasteiger partial charge >= 0.3 is 5.97 Å². The summed E-state index contributed by atoms with van der Waals surface area (Å²) in [7, 11) is 0. The first-order chi connectivity index (χ1) is 15.4. The largest absolute Gasteiger partial charge is 0.457 e. The first-order valence-electron chi connectivity index (χ1n) is 11.1. The standard InChI is InChI=1S/C24H30Cl2O5S2/c1-3-16-15(10-23(30,33)12-25)8-9-17-14-7-5-4-6-13(2)31-22(29)19(32)21(28)24(26,11-14)20(27)18(16)17/h4-9,13-19,30,32-33H,3,10-12H2,1-2H3/b6-4+,7-5-/t13-,14-,15+,16+,17-,18-,19-,23-,24?/m0/s1. The fourth-order valence-corrected chi connectivity index (χ4v) is 6.44. The van der Waals surface area contributed by atoms with Crippen LogP contribution >= 0.6 is 48.5 Å². The second-order valence-corrected chi connectivity index (χ2v) is 11.5. The molecular formula is C24H30Cl2O5S2. The highest BCUT2D eigenvalue weighted by Gasteiger charge is 2.59. The Kier molecular flexibility index (Phi) is 8.54. The van der Waals surface area contributed by atoms with Crippen LogP contribution in [0.15, 0.2) is 36.5 Å². The summed E-state index contributed by atoms with van der Waals surface area (Å²) in [6, 6.07) is 0. The molecule has 1 heterocycles. The fraction of sp³-hybridized carbons (Fsp3) is 0.625. The van der Waals surface area contributed by atoms with Gasteiger partial charge in [0.1, 0.15) is 11.0 Å². The first-order valence-corrected chi connectivity index (χ1v) is 13.0. The van der Waals surface area contributed by atoms with Crippen LogP contribution in [0.1, 0.15) is 33.1 Å². The molecule has 3 rings (SSSR count). The average Bonchev–Trinajstić information content (AvgIpc) is 2.77. The molecular weight excluding hydrogens is 503 g/mol. The number of hydrogen-bond acceptors (Lipinski definition) is 7. The number of halogens is 2. The van der Waals surface area contributed by atoms with Gasteiger partial charge in [-0.3, -0.25) is 14.4 Å². The highest BCUT2D eigenvalue weighted by atomic mass is 35.5. The number of allylic oxidation sites excluding steroid dienone is 5. The second kappa shape index (κ2) is 10.5. The molecule has 182 valence electrons. The molecule has 0 radical (unpaired) electrons. The number of ether oxygens (including phenoxy) is 1. The summed E-state index contributed by atoms with van der Waals surface area (Å²) in [6.45, 7) is 3.65. The summed E-state index contributed by atoms with van der Waals surface area (Å²) in [5.41, 5.74) is 0. The van der Waals surface area contributed by atoms with Crippen LogP contribution in [-0.4, -0.2) is 49.7 Å². The Morgan fingerprint density at radius 3 is 2.48 bits per heavy atom. The van der Waals surface area contributed by atoms with E-state index in [-0.39, 0.29) is 42.4 Å². The van der Waals surface area contributed by atoms with Crippen molar-refractivity contribution in [2.75, 3.05) is 5.88 Å². The van der Waals surface area contributed by atoms with Crippen molar-refractivity contribution in [3.05, 3.63) is 36.5 Å². The molecule has 3 aliphatic rings. The van der Waals surface area contributed by atoms with Gasteiger partial charge in [-0.1, -0.05) is 43.7 Å². The Morgan fingerprint density at radius 2 is 1.85 bits per heavy atom. The van der Waals surface area contributed by atoms with Gasteiger partial charge in [0, 0.05) is 5.92 Å². The summed E-state index contributed by atoms with van der Waals surface area (Å²) in [5, 5.41) is 8.99. The maximum absolute atomic E-state index is 13.9. The zero-order valence-corrected chi connectivity index (χ0v) is 21.9. The van der Waals surface area contributed by atoms with Crippen LogP contribution < -0.4 is 0 Å². The predicted molar refractivity (Wildman–Crippen MR) is 136 cm³/mol. The van der Waals surface area contributed by atoms with Crippen LogP contribution in [0.25, 0.3) is 0 Å². The Balaban J connectivity index is 2.08. The fourth-order valence-electron chi connectivity index (χ4n) is 5.35. The molecule has 0 aromatic rings. The van der Waals surface area contributed by atoms with Crippen LogP contribution in [0.3, 0.4) is 0 Å². The van der Waals surface area contributed by atoms with E-state index in [1.54, 1.807) is 19.1 Å². The summed E-state index contributed by atoms with van der Waals surface area (Å²) in [6.07, 6.45) is 11.7. The van der Waals surface area contributed by atoms with Crippen LogP contribution in [0, 0.1) is 29.6 Å². The van der Waals surface area contributed by atoms with Crippen molar-refractivity contribution in [3.63, 3.8) is 0 Å². The van der Waals surface area contributed by atoms with Gasteiger partial charge in [-0.2, -0.15) is 12.6 Å². The van der Waals surface area contributed by atoms with Crippen molar-refractivity contribution in [1.82, 2.24) is 0 Å². The highest BCUT2D eigenvalue weighted by Crippen LogP contribution is 2.52. The molecule has 9 heteroatoms. The van der Waals surface area contributed by atoms with Gasteiger partial charge in [0.15, 0.2) is 21.7 Å². The van der Waals surface area contributed by atoms with Gasteiger partial charge in [-0.15, -0.1) is 35.8 Å².